The minimum atomic E-state index is -5.25. The van der Waals surface area contributed by atoms with Gasteiger partial charge in [-0.05, 0) is 65.2 Å². The first-order chi connectivity index (χ1) is 30.7. The minimum Gasteiger partial charge on any atom is -0.309 e. The second-order valence-corrected chi connectivity index (χ2v) is 14.9. The van der Waals surface area contributed by atoms with Crippen molar-refractivity contribution in [3.05, 3.63) is 180 Å². The van der Waals surface area contributed by atoms with Gasteiger partial charge in [0.25, 0.3) is 0 Å². The number of rotatable bonds is 6. The van der Waals surface area contributed by atoms with Crippen LogP contribution in [0.25, 0.3) is 83.9 Å². The van der Waals surface area contributed by atoms with Crippen LogP contribution in [-0.4, -0.2) is 19.5 Å². The number of halogens is 12. The van der Waals surface area contributed by atoms with Gasteiger partial charge in [0.1, 0.15) is 0 Å². The first-order valence-corrected chi connectivity index (χ1v) is 19.4. The van der Waals surface area contributed by atoms with Gasteiger partial charge in [-0.3, -0.25) is 0 Å². The molecule has 4 nitrogen and oxygen atoms in total. The molecule has 16 heteroatoms. The van der Waals surface area contributed by atoms with Crippen molar-refractivity contribution >= 4 is 21.8 Å². The molecule has 0 amide bonds. The Morgan fingerprint density at radius 2 is 0.815 bits per heavy atom. The summed E-state index contributed by atoms with van der Waals surface area (Å²) < 4.78 is 172. The van der Waals surface area contributed by atoms with E-state index < -0.39 is 58.1 Å². The van der Waals surface area contributed by atoms with Gasteiger partial charge in [0.15, 0.2) is 17.5 Å². The van der Waals surface area contributed by atoms with Crippen LogP contribution in [-0.2, 0) is 24.7 Å². The number of para-hydroxylation sites is 1. The molecular formula is C49H26F12N4. The molecule has 0 radical (unpaired) electrons. The van der Waals surface area contributed by atoms with Gasteiger partial charge in [0.2, 0.25) is 0 Å². The highest BCUT2D eigenvalue weighted by molar-refractivity contribution is 6.11. The van der Waals surface area contributed by atoms with Gasteiger partial charge in [0.05, 0.1) is 39.0 Å². The molecule has 9 aromatic rings. The monoisotopic (exact) mass is 898 g/mol. The summed E-state index contributed by atoms with van der Waals surface area (Å²) in [7, 11) is 0. The fourth-order valence-corrected chi connectivity index (χ4v) is 7.75. The van der Waals surface area contributed by atoms with Gasteiger partial charge in [-0.25, -0.2) is 15.0 Å². The fraction of sp³-hybridized carbons (Fsp3) is 0.0816. The van der Waals surface area contributed by atoms with E-state index in [1.807, 2.05) is 0 Å². The molecule has 0 aliphatic rings. The van der Waals surface area contributed by atoms with Gasteiger partial charge in [-0.2, -0.15) is 52.7 Å². The molecule has 0 aliphatic carbocycles. The van der Waals surface area contributed by atoms with Crippen molar-refractivity contribution in [3.63, 3.8) is 0 Å². The smallest absolute Gasteiger partial charge is 0.309 e. The van der Waals surface area contributed by atoms with E-state index in [4.69, 9.17) is 9.97 Å². The summed E-state index contributed by atoms with van der Waals surface area (Å²) >= 11 is 0. The predicted octanol–water partition coefficient (Wildman–Crippen LogP) is 15.4. The maximum Gasteiger partial charge on any atom is 0.417 e. The maximum absolute atomic E-state index is 14.5. The summed E-state index contributed by atoms with van der Waals surface area (Å²) in [5.74, 6) is 0.504. The molecule has 0 atom stereocenters. The Bertz CT molecular complexity index is 3170. The van der Waals surface area contributed by atoms with E-state index in [9.17, 15) is 52.7 Å². The Morgan fingerprint density at radius 3 is 1.37 bits per heavy atom. The van der Waals surface area contributed by atoms with Crippen molar-refractivity contribution in [2.24, 2.45) is 0 Å². The molecule has 65 heavy (non-hydrogen) atoms. The molecule has 0 unspecified atom stereocenters. The molecule has 0 spiro atoms. The lowest BCUT2D eigenvalue weighted by Gasteiger charge is -2.19. The molecule has 0 fully saturated rings. The molecule has 0 N–H and O–H groups in total. The van der Waals surface area contributed by atoms with E-state index in [0.29, 0.717) is 51.7 Å². The van der Waals surface area contributed by atoms with Crippen molar-refractivity contribution in [1.29, 1.82) is 0 Å². The summed E-state index contributed by atoms with van der Waals surface area (Å²) in [6.07, 6.45) is -20.8. The molecule has 2 heterocycles. The Balaban J connectivity index is 1.37. The lowest BCUT2D eigenvalue weighted by Crippen LogP contribution is -2.12. The summed E-state index contributed by atoms with van der Waals surface area (Å²) in [5, 5.41) is 0.867. The Kier molecular flexibility index (Phi) is 10.3. The van der Waals surface area contributed by atoms with Crippen molar-refractivity contribution in [2.45, 2.75) is 24.7 Å². The molecule has 0 aliphatic heterocycles. The van der Waals surface area contributed by atoms with Gasteiger partial charge < -0.3 is 4.57 Å². The zero-order chi connectivity index (χ0) is 46.1. The number of nitrogens with zero attached hydrogens (tertiary/aromatic N) is 4. The Labute approximate surface area is 360 Å². The fourth-order valence-electron chi connectivity index (χ4n) is 7.75. The largest absolute Gasteiger partial charge is 0.417 e. The van der Waals surface area contributed by atoms with Gasteiger partial charge in [-0.15, -0.1) is 0 Å². The van der Waals surface area contributed by atoms with Gasteiger partial charge in [-0.1, -0.05) is 109 Å². The summed E-state index contributed by atoms with van der Waals surface area (Å²) in [6.45, 7) is 0. The standard InChI is InChI=1S/C49H26F12N4/c50-46(51,52)32-17-20-35(39(26-32)49(59,60)61)29-15-19-38-37-13-7-8-14-40(37)65(42(38)23-29)41-24-30(16-18-36(41)31-21-33(47(53,54)55)25-34(22-31)48(56,57)58)45-63-43(27-9-3-1-4-10-27)62-44(64-45)28-11-5-2-6-12-28/h1-26H. The van der Waals surface area contributed by atoms with Crippen molar-refractivity contribution in [1.82, 2.24) is 19.5 Å². The molecule has 0 saturated heterocycles. The molecule has 7 aromatic carbocycles. The SMILES string of the molecule is FC(F)(F)c1cc(-c2ccc(-c3nc(-c4ccccc4)nc(-c4ccccc4)n3)cc2-n2c3ccccc3c3ccc(-c4ccc(C(F)(F)F)cc4C(F)(F)F)cc32)cc(C(F)(F)F)c1. The highest BCUT2D eigenvalue weighted by atomic mass is 19.4. The third kappa shape index (κ3) is 8.27. The highest BCUT2D eigenvalue weighted by Gasteiger charge is 2.39. The molecular weight excluding hydrogens is 873 g/mol. The average molecular weight is 899 g/mol. The van der Waals surface area contributed by atoms with E-state index in [2.05, 4.69) is 4.98 Å². The molecule has 0 bridgehead atoms. The van der Waals surface area contributed by atoms with Crippen molar-refractivity contribution in [2.75, 3.05) is 0 Å². The van der Waals surface area contributed by atoms with E-state index in [-0.39, 0.29) is 57.5 Å². The quantitative estimate of drug-likeness (QED) is 0.156. The van der Waals surface area contributed by atoms with E-state index in [0.717, 1.165) is 0 Å². The second-order valence-electron chi connectivity index (χ2n) is 14.9. The first-order valence-electron chi connectivity index (χ1n) is 19.4. The lowest BCUT2D eigenvalue weighted by molar-refractivity contribution is -0.144. The Hall–Kier alpha value is -7.49. The summed E-state index contributed by atoms with van der Waals surface area (Å²) in [6, 6.07) is 34.7. The van der Waals surface area contributed by atoms with Crippen LogP contribution >= 0.6 is 0 Å². The molecule has 2 aromatic heterocycles. The average Bonchev–Trinajstić information content (AvgIpc) is 3.61. The van der Waals surface area contributed by atoms with Gasteiger partial charge >= 0.3 is 24.7 Å². The number of fused-ring (bicyclic) bond motifs is 3. The van der Waals surface area contributed by atoms with Crippen LogP contribution in [0.3, 0.4) is 0 Å². The number of aromatic nitrogens is 4. The molecule has 0 saturated carbocycles. The van der Waals surface area contributed by atoms with Crippen LogP contribution in [0, 0.1) is 0 Å². The lowest BCUT2D eigenvalue weighted by atomic mass is 9.95. The first kappa shape index (κ1) is 42.8. The number of alkyl halides is 12. The third-order valence-corrected chi connectivity index (χ3v) is 10.7. The highest BCUT2D eigenvalue weighted by Crippen LogP contribution is 2.45. The van der Waals surface area contributed by atoms with Crippen LogP contribution in [0.1, 0.15) is 22.3 Å². The number of hydrogen-bond donors (Lipinski definition) is 0. The van der Waals surface area contributed by atoms with Crippen molar-refractivity contribution in [3.8, 4) is 62.1 Å². The van der Waals surface area contributed by atoms with Crippen LogP contribution in [0.2, 0.25) is 0 Å². The van der Waals surface area contributed by atoms with Crippen LogP contribution in [0.5, 0.6) is 0 Å². The molecule has 9 rings (SSSR count). The van der Waals surface area contributed by atoms with Crippen LogP contribution in [0.4, 0.5) is 52.7 Å². The maximum atomic E-state index is 14.5. The van der Waals surface area contributed by atoms with E-state index in [1.165, 1.54) is 41.0 Å². The zero-order valence-corrected chi connectivity index (χ0v) is 32.8. The van der Waals surface area contributed by atoms with Crippen LogP contribution < -0.4 is 0 Å². The minimum absolute atomic E-state index is 0.00461. The number of benzene rings is 7. The topological polar surface area (TPSA) is 43.6 Å². The molecule has 326 valence electrons. The van der Waals surface area contributed by atoms with E-state index in [1.54, 1.807) is 84.9 Å². The number of hydrogen-bond acceptors (Lipinski definition) is 3. The second kappa shape index (κ2) is 15.6. The van der Waals surface area contributed by atoms with Gasteiger partial charge in [0, 0.05) is 33.0 Å². The third-order valence-electron chi connectivity index (χ3n) is 10.7. The summed E-state index contributed by atoms with van der Waals surface area (Å²) in [5.41, 5.74) is -5.98. The Morgan fingerprint density at radius 1 is 0.323 bits per heavy atom. The normalized spacial score (nSPS) is 12.6. The van der Waals surface area contributed by atoms with Crippen LogP contribution in [0.15, 0.2) is 158 Å². The van der Waals surface area contributed by atoms with E-state index >= 15 is 0 Å². The van der Waals surface area contributed by atoms with Crippen molar-refractivity contribution < 1.29 is 52.7 Å². The summed E-state index contributed by atoms with van der Waals surface area (Å²) in [4.78, 5) is 14.2. The zero-order valence-electron chi connectivity index (χ0n) is 32.8. The predicted molar refractivity (Wildman–Crippen MR) is 221 cm³/mol.